The number of hydrogen-bond acceptors (Lipinski definition) is 2. The molecule has 26 heavy (non-hydrogen) atoms. The molecule has 2 aromatic carbocycles. The van der Waals surface area contributed by atoms with E-state index in [0.29, 0.717) is 19.3 Å². The van der Waals surface area contributed by atoms with Gasteiger partial charge in [-0.25, -0.2) is 4.39 Å². The molecule has 2 aromatic rings. The first kappa shape index (κ1) is 18.1. The summed E-state index contributed by atoms with van der Waals surface area (Å²) in [5, 5.41) is 11.8. The van der Waals surface area contributed by atoms with Crippen LogP contribution in [0.3, 0.4) is 0 Å². The van der Waals surface area contributed by atoms with Crippen molar-refractivity contribution in [1.82, 2.24) is 0 Å². The number of aliphatic carboxylic acids is 1. The molecule has 4 nitrogen and oxygen atoms in total. The Balaban J connectivity index is 1.77. The zero-order valence-corrected chi connectivity index (χ0v) is 14.7. The summed E-state index contributed by atoms with van der Waals surface area (Å²) in [5.41, 5.74) is 2.91. The third kappa shape index (κ3) is 3.77. The molecule has 2 atom stereocenters. The molecule has 1 fully saturated rings. The molecule has 1 aliphatic rings. The van der Waals surface area contributed by atoms with E-state index < -0.39 is 29.5 Å². The van der Waals surface area contributed by atoms with Crippen molar-refractivity contribution in [2.45, 2.75) is 32.6 Å². The predicted octanol–water partition coefficient (Wildman–Crippen LogP) is 4.49. The molecule has 2 N–H and O–H groups in total. The maximum atomic E-state index is 14.5. The third-order valence-electron chi connectivity index (χ3n) is 5.07. The van der Waals surface area contributed by atoms with Crippen LogP contribution in [0, 0.1) is 17.7 Å². The second-order valence-electron chi connectivity index (χ2n) is 6.72. The summed E-state index contributed by atoms with van der Waals surface area (Å²) in [4.78, 5) is 23.6. The third-order valence-corrected chi connectivity index (χ3v) is 5.07. The lowest BCUT2D eigenvalue weighted by atomic mass is 9.95. The number of nitrogens with one attached hydrogen (secondary N) is 1. The normalized spacial score (nSPS) is 19.3. The maximum Gasteiger partial charge on any atom is 0.307 e. The molecule has 0 radical (unpaired) electrons. The molecule has 1 aliphatic carbocycles. The van der Waals surface area contributed by atoms with Crippen molar-refractivity contribution < 1.29 is 19.1 Å². The second-order valence-corrected chi connectivity index (χ2v) is 6.72. The van der Waals surface area contributed by atoms with E-state index >= 15 is 0 Å². The van der Waals surface area contributed by atoms with Gasteiger partial charge in [0.15, 0.2) is 0 Å². The van der Waals surface area contributed by atoms with Crippen molar-refractivity contribution in [3.8, 4) is 11.1 Å². The van der Waals surface area contributed by atoms with Crippen LogP contribution < -0.4 is 5.32 Å². The zero-order chi connectivity index (χ0) is 18.7. The van der Waals surface area contributed by atoms with Crippen LogP contribution in [0.4, 0.5) is 10.1 Å². The predicted molar refractivity (Wildman–Crippen MR) is 98.3 cm³/mol. The lowest BCUT2D eigenvalue weighted by Crippen LogP contribution is -2.30. The highest BCUT2D eigenvalue weighted by atomic mass is 19.1. The molecular formula is C21H22FNO3. The van der Waals surface area contributed by atoms with E-state index in [4.69, 9.17) is 0 Å². The number of carboxylic acids is 1. The van der Waals surface area contributed by atoms with Gasteiger partial charge in [0.25, 0.3) is 0 Å². The summed E-state index contributed by atoms with van der Waals surface area (Å²) in [6.45, 7) is 2.06. The second kappa shape index (κ2) is 7.68. The van der Waals surface area contributed by atoms with Gasteiger partial charge in [0, 0.05) is 0 Å². The Kier molecular flexibility index (Phi) is 5.35. The minimum Gasteiger partial charge on any atom is -0.481 e. The minimum absolute atomic E-state index is 0.0847. The van der Waals surface area contributed by atoms with Crippen molar-refractivity contribution in [3.05, 3.63) is 53.8 Å². The average Bonchev–Trinajstić information content (AvgIpc) is 3.13. The van der Waals surface area contributed by atoms with E-state index in [1.54, 1.807) is 6.07 Å². The number of amides is 1. The van der Waals surface area contributed by atoms with Gasteiger partial charge in [0.05, 0.1) is 17.5 Å². The highest BCUT2D eigenvalue weighted by molar-refractivity contribution is 5.95. The minimum atomic E-state index is -0.964. The molecule has 0 aliphatic heterocycles. The molecule has 0 aromatic heterocycles. The van der Waals surface area contributed by atoms with Crippen molar-refractivity contribution in [2.24, 2.45) is 11.8 Å². The quantitative estimate of drug-likeness (QED) is 0.830. The van der Waals surface area contributed by atoms with Gasteiger partial charge in [-0.1, -0.05) is 43.7 Å². The Bertz CT molecular complexity index is 834. The number of carbonyl (C=O) groups excluding carboxylic acids is 1. The smallest absolute Gasteiger partial charge is 0.307 e. The Hall–Kier alpha value is -2.69. The van der Waals surface area contributed by atoms with E-state index in [1.165, 1.54) is 17.7 Å². The zero-order valence-electron chi connectivity index (χ0n) is 14.7. The molecular weight excluding hydrogens is 333 g/mol. The van der Waals surface area contributed by atoms with E-state index in [2.05, 4.69) is 12.2 Å². The number of anilines is 1. The molecule has 3 rings (SSSR count). The van der Waals surface area contributed by atoms with Crippen LogP contribution in [0.25, 0.3) is 11.1 Å². The van der Waals surface area contributed by atoms with Gasteiger partial charge >= 0.3 is 5.97 Å². The van der Waals surface area contributed by atoms with Gasteiger partial charge in [-0.2, -0.15) is 0 Å². The summed E-state index contributed by atoms with van der Waals surface area (Å²) in [6.07, 6.45) is 2.61. The molecule has 0 spiro atoms. The van der Waals surface area contributed by atoms with Gasteiger partial charge in [0.1, 0.15) is 5.82 Å². The highest BCUT2D eigenvalue weighted by Crippen LogP contribution is 2.33. The Morgan fingerprint density at radius 3 is 2.54 bits per heavy atom. The average molecular weight is 355 g/mol. The Morgan fingerprint density at radius 1 is 1.12 bits per heavy atom. The van der Waals surface area contributed by atoms with Crippen LogP contribution in [0.5, 0.6) is 0 Å². The molecule has 0 saturated heterocycles. The molecule has 0 bridgehead atoms. The van der Waals surface area contributed by atoms with E-state index in [-0.39, 0.29) is 5.69 Å². The van der Waals surface area contributed by atoms with Crippen molar-refractivity contribution in [1.29, 1.82) is 0 Å². The lowest BCUT2D eigenvalue weighted by Gasteiger charge is -2.16. The monoisotopic (exact) mass is 355 g/mol. The standard InChI is InChI=1S/C21H22FNO3/c1-2-13-5-3-6-14(11-13)15-9-10-19(18(22)12-15)23-20(24)16-7-4-8-17(16)21(25)26/h3,5-6,9-12,16-17H,2,4,7-8H2,1H3,(H,23,24)(H,25,26). The Morgan fingerprint density at radius 2 is 1.85 bits per heavy atom. The van der Waals surface area contributed by atoms with Crippen LogP contribution in [0.1, 0.15) is 31.7 Å². The van der Waals surface area contributed by atoms with Crippen LogP contribution in [0.15, 0.2) is 42.5 Å². The summed E-state index contributed by atoms with van der Waals surface area (Å²) < 4.78 is 14.5. The number of benzene rings is 2. The van der Waals surface area contributed by atoms with Crippen molar-refractivity contribution in [3.63, 3.8) is 0 Å². The highest BCUT2D eigenvalue weighted by Gasteiger charge is 2.37. The number of aryl methyl sites for hydroxylation is 1. The van der Waals surface area contributed by atoms with E-state index in [9.17, 15) is 19.1 Å². The van der Waals surface area contributed by atoms with Crippen molar-refractivity contribution in [2.75, 3.05) is 5.32 Å². The van der Waals surface area contributed by atoms with Gasteiger partial charge < -0.3 is 10.4 Å². The number of hydrogen-bond donors (Lipinski definition) is 2. The first-order valence-electron chi connectivity index (χ1n) is 8.92. The molecule has 136 valence electrons. The lowest BCUT2D eigenvalue weighted by molar-refractivity contribution is -0.145. The van der Waals surface area contributed by atoms with Gasteiger partial charge in [-0.15, -0.1) is 0 Å². The van der Waals surface area contributed by atoms with E-state index in [0.717, 1.165) is 17.5 Å². The summed E-state index contributed by atoms with van der Waals surface area (Å²) in [5.74, 6) is -3.20. The number of halogens is 1. The number of carboxylic acid groups (broad SMARTS) is 1. The maximum absolute atomic E-state index is 14.5. The summed E-state index contributed by atoms with van der Waals surface area (Å²) >= 11 is 0. The number of carbonyl (C=O) groups is 2. The van der Waals surface area contributed by atoms with Crippen LogP contribution >= 0.6 is 0 Å². The molecule has 0 heterocycles. The molecule has 1 saturated carbocycles. The SMILES string of the molecule is CCc1cccc(-c2ccc(NC(=O)C3CCCC3C(=O)O)c(F)c2)c1. The van der Waals surface area contributed by atoms with Crippen LogP contribution in [-0.4, -0.2) is 17.0 Å². The summed E-state index contributed by atoms with van der Waals surface area (Å²) in [6, 6.07) is 12.6. The van der Waals surface area contributed by atoms with Gasteiger partial charge in [-0.3, -0.25) is 9.59 Å². The van der Waals surface area contributed by atoms with Crippen LogP contribution in [0.2, 0.25) is 0 Å². The Labute approximate surface area is 152 Å². The molecule has 2 unspecified atom stereocenters. The van der Waals surface area contributed by atoms with Crippen molar-refractivity contribution >= 4 is 17.6 Å². The number of rotatable bonds is 5. The largest absolute Gasteiger partial charge is 0.481 e. The first-order chi connectivity index (χ1) is 12.5. The fourth-order valence-corrected chi connectivity index (χ4v) is 3.56. The van der Waals surface area contributed by atoms with Crippen LogP contribution in [-0.2, 0) is 16.0 Å². The topological polar surface area (TPSA) is 66.4 Å². The fourth-order valence-electron chi connectivity index (χ4n) is 3.56. The van der Waals surface area contributed by atoms with Gasteiger partial charge in [-0.05, 0) is 48.1 Å². The fraction of sp³-hybridized carbons (Fsp3) is 0.333. The van der Waals surface area contributed by atoms with E-state index in [1.807, 2.05) is 24.3 Å². The summed E-state index contributed by atoms with van der Waals surface area (Å²) in [7, 11) is 0. The van der Waals surface area contributed by atoms with Gasteiger partial charge in [0.2, 0.25) is 5.91 Å². The molecule has 5 heteroatoms. The molecule has 1 amide bonds. The first-order valence-corrected chi connectivity index (χ1v) is 8.92.